The summed E-state index contributed by atoms with van der Waals surface area (Å²) in [4.78, 5) is 0. The topological polar surface area (TPSA) is 44.5 Å². The van der Waals surface area contributed by atoms with Gasteiger partial charge in [0, 0.05) is 5.94 Å². The molecule has 0 aromatic heterocycles. The van der Waals surface area contributed by atoms with Gasteiger partial charge in [-0.2, -0.15) is 0 Å². The molecular weight excluding hydrogens is 260 g/mol. The molecular formula is C14H27BClNO2. The molecule has 3 saturated carbocycles. The lowest BCUT2D eigenvalue weighted by Crippen LogP contribution is -2.65. The first kappa shape index (κ1) is 15.6. The molecule has 0 aromatic carbocycles. The molecule has 5 heteroatoms. The van der Waals surface area contributed by atoms with Crippen LogP contribution in [0.1, 0.15) is 53.4 Å². The summed E-state index contributed by atoms with van der Waals surface area (Å²) in [6, 6.07) is 0. The van der Waals surface area contributed by atoms with Crippen molar-refractivity contribution in [2.24, 2.45) is 23.0 Å². The van der Waals surface area contributed by atoms with E-state index < -0.39 is 0 Å². The van der Waals surface area contributed by atoms with Gasteiger partial charge in [0.25, 0.3) is 0 Å². The lowest BCUT2D eigenvalue weighted by atomic mass is 9.43. The van der Waals surface area contributed by atoms with Crippen LogP contribution in [0.15, 0.2) is 0 Å². The molecule has 4 aliphatic rings. The molecule has 0 spiro atoms. The highest BCUT2D eigenvalue weighted by molar-refractivity contribution is 6.47. The fourth-order valence-corrected chi connectivity index (χ4v) is 4.55. The smallest absolute Gasteiger partial charge is 0.404 e. The molecule has 3 nitrogen and oxygen atoms in total. The van der Waals surface area contributed by atoms with Gasteiger partial charge in [0.1, 0.15) is 0 Å². The SMILES string of the molecule is CCC[C@H](N)B1O[C@@H]2C[C@@H]3C[C@@H](C3(C)C)[C@]2(C)O1.Cl. The molecule has 0 aromatic rings. The van der Waals surface area contributed by atoms with E-state index in [0.29, 0.717) is 11.3 Å². The Hall–Kier alpha value is 0.235. The van der Waals surface area contributed by atoms with Crippen molar-refractivity contribution in [1.29, 1.82) is 0 Å². The first-order chi connectivity index (χ1) is 8.39. The Morgan fingerprint density at radius 1 is 1.32 bits per heavy atom. The van der Waals surface area contributed by atoms with E-state index in [0.717, 1.165) is 25.2 Å². The second-order valence-corrected chi connectivity index (χ2v) is 7.29. The Labute approximate surface area is 123 Å². The molecule has 0 radical (unpaired) electrons. The summed E-state index contributed by atoms with van der Waals surface area (Å²) in [6.45, 7) is 9.17. The fourth-order valence-electron chi connectivity index (χ4n) is 4.55. The van der Waals surface area contributed by atoms with Crippen LogP contribution in [0.3, 0.4) is 0 Å². The molecule has 2 bridgehead atoms. The van der Waals surface area contributed by atoms with Crippen LogP contribution in [0.25, 0.3) is 0 Å². The normalized spacial score (nSPS) is 44.1. The van der Waals surface area contributed by atoms with Crippen molar-refractivity contribution in [2.75, 3.05) is 0 Å². The summed E-state index contributed by atoms with van der Waals surface area (Å²) in [5, 5.41) is 0. The van der Waals surface area contributed by atoms with Crippen molar-refractivity contribution < 1.29 is 9.31 Å². The van der Waals surface area contributed by atoms with Crippen LogP contribution in [-0.4, -0.2) is 24.8 Å². The Morgan fingerprint density at radius 2 is 2.00 bits per heavy atom. The Bertz CT molecular complexity index is 354. The molecule has 1 saturated heterocycles. The lowest BCUT2D eigenvalue weighted by molar-refractivity contribution is -0.199. The third-order valence-corrected chi connectivity index (χ3v) is 5.94. The minimum Gasteiger partial charge on any atom is -0.404 e. The number of rotatable bonds is 3. The second-order valence-electron chi connectivity index (χ2n) is 7.29. The minimum atomic E-state index is -0.185. The van der Waals surface area contributed by atoms with Crippen LogP contribution in [0.2, 0.25) is 0 Å². The van der Waals surface area contributed by atoms with E-state index in [4.69, 9.17) is 15.0 Å². The Morgan fingerprint density at radius 3 is 2.58 bits per heavy atom. The third kappa shape index (κ3) is 2.07. The van der Waals surface area contributed by atoms with Gasteiger partial charge in [-0.1, -0.05) is 27.2 Å². The predicted molar refractivity (Wildman–Crippen MR) is 80.2 cm³/mol. The second kappa shape index (κ2) is 4.90. The molecule has 1 heterocycles. The van der Waals surface area contributed by atoms with Crippen molar-refractivity contribution in [3.05, 3.63) is 0 Å². The van der Waals surface area contributed by atoms with Crippen molar-refractivity contribution in [3.63, 3.8) is 0 Å². The van der Waals surface area contributed by atoms with Gasteiger partial charge in [0.2, 0.25) is 0 Å². The molecule has 4 fully saturated rings. The third-order valence-electron chi connectivity index (χ3n) is 5.94. The van der Waals surface area contributed by atoms with Gasteiger partial charge in [-0.25, -0.2) is 0 Å². The van der Waals surface area contributed by atoms with Crippen molar-refractivity contribution in [2.45, 2.75) is 71.0 Å². The van der Waals surface area contributed by atoms with Gasteiger partial charge >= 0.3 is 7.12 Å². The number of hydrogen-bond acceptors (Lipinski definition) is 3. The number of hydrogen-bond donors (Lipinski definition) is 1. The highest BCUT2D eigenvalue weighted by Crippen LogP contribution is 2.65. The number of halogens is 1. The van der Waals surface area contributed by atoms with E-state index in [1.165, 1.54) is 6.42 Å². The summed E-state index contributed by atoms with van der Waals surface area (Å²) >= 11 is 0. The predicted octanol–water partition coefficient (Wildman–Crippen LogP) is 2.80. The molecule has 110 valence electrons. The average molecular weight is 288 g/mol. The standard InChI is InChI=1S/C14H26BNO2.ClH/c1-5-6-12(16)15-17-11-8-9-7-10(13(9,2)3)14(11,4)18-15;/h9-12H,5-8,16H2,1-4H3;1H/t9-,10-,11+,12-,14-;/m0./s1. The molecule has 0 unspecified atom stereocenters. The van der Waals surface area contributed by atoms with Gasteiger partial charge in [-0.15, -0.1) is 12.4 Å². The first-order valence-corrected chi connectivity index (χ1v) is 7.48. The molecule has 4 rings (SSSR count). The van der Waals surface area contributed by atoms with Gasteiger partial charge < -0.3 is 15.0 Å². The van der Waals surface area contributed by atoms with E-state index in [2.05, 4.69) is 27.7 Å². The van der Waals surface area contributed by atoms with E-state index in [1.807, 2.05) is 0 Å². The molecule has 0 amide bonds. The van der Waals surface area contributed by atoms with E-state index in [-0.39, 0.29) is 37.2 Å². The van der Waals surface area contributed by atoms with Crippen LogP contribution in [0, 0.1) is 17.3 Å². The summed E-state index contributed by atoms with van der Waals surface area (Å²) in [5.74, 6) is 1.47. The van der Waals surface area contributed by atoms with Crippen molar-refractivity contribution in [3.8, 4) is 0 Å². The lowest BCUT2D eigenvalue weighted by Gasteiger charge is -2.64. The summed E-state index contributed by atoms with van der Waals surface area (Å²) in [6.07, 6.45) is 4.78. The van der Waals surface area contributed by atoms with Crippen LogP contribution in [0.5, 0.6) is 0 Å². The zero-order valence-corrected chi connectivity index (χ0v) is 13.3. The molecule has 19 heavy (non-hydrogen) atoms. The van der Waals surface area contributed by atoms with Gasteiger partial charge in [-0.05, 0) is 43.4 Å². The van der Waals surface area contributed by atoms with Gasteiger partial charge in [-0.3, -0.25) is 0 Å². The zero-order valence-electron chi connectivity index (χ0n) is 12.5. The van der Waals surface area contributed by atoms with Crippen LogP contribution >= 0.6 is 12.4 Å². The Kier molecular flexibility index (Phi) is 4.03. The van der Waals surface area contributed by atoms with Gasteiger partial charge in [0.05, 0.1) is 11.7 Å². The van der Waals surface area contributed by atoms with Crippen LogP contribution in [-0.2, 0) is 9.31 Å². The fraction of sp³-hybridized carbons (Fsp3) is 1.00. The molecule has 2 N–H and O–H groups in total. The summed E-state index contributed by atoms with van der Waals surface area (Å²) in [7, 11) is -0.185. The maximum absolute atomic E-state index is 6.31. The van der Waals surface area contributed by atoms with E-state index >= 15 is 0 Å². The average Bonchev–Trinajstić information content (AvgIpc) is 2.65. The summed E-state index contributed by atoms with van der Waals surface area (Å²) in [5.41, 5.74) is 6.49. The van der Waals surface area contributed by atoms with Crippen molar-refractivity contribution in [1.82, 2.24) is 0 Å². The number of nitrogens with two attached hydrogens (primary N) is 1. The zero-order chi connectivity index (χ0) is 13.1. The summed E-state index contributed by atoms with van der Waals surface area (Å²) < 4.78 is 12.4. The maximum atomic E-state index is 6.31. The molecule has 5 atom stereocenters. The molecule has 3 aliphatic carbocycles. The monoisotopic (exact) mass is 287 g/mol. The highest BCUT2D eigenvalue weighted by Gasteiger charge is 2.68. The van der Waals surface area contributed by atoms with Gasteiger partial charge in [0.15, 0.2) is 0 Å². The van der Waals surface area contributed by atoms with E-state index in [9.17, 15) is 0 Å². The van der Waals surface area contributed by atoms with Crippen molar-refractivity contribution >= 4 is 19.5 Å². The molecule has 1 aliphatic heterocycles. The van der Waals surface area contributed by atoms with Crippen LogP contribution < -0.4 is 5.73 Å². The van der Waals surface area contributed by atoms with E-state index in [1.54, 1.807) is 0 Å². The maximum Gasteiger partial charge on any atom is 0.475 e. The largest absolute Gasteiger partial charge is 0.475 e. The quantitative estimate of drug-likeness (QED) is 0.812. The van der Waals surface area contributed by atoms with Crippen LogP contribution in [0.4, 0.5) is 0 Å². The highest BCUT2D eigenvalue weighted by atomic mass is 35.5. The first-order valence-electron chi connectivity index (χ1n) is 7.48. The Balaban J connectivity index is 0.00000133. The minimum absolute atomic E-state index is 0.